The molecule has 0 aliphatic carbocycles. The molecule has 11 aromatic carbocycles. The summed E-state index contributed by atoms with van der Waals surface area (Å²) in [6, 6.07) is 92.2. The normalized spacial score (nSPS) is 17.0. The molecule has 19 rings (SSSR count). The standard InChI is InChI=1S/C72H42N4OS6/c1-2-14-45-37-46(27-24-43(45)13-1)49-31-34-61-55(40-49)69-74(58-18-5-9-22-65(58)78-69)71(77-61)75-59-19-6-10-23-66(59)79-70(75)56-41-50(32-35-64(56)81-71)47-28-25-44-26-29-48(39-52(44)38-47)51-30-33-60-67(42-51)80-68-54-16-4-8-21-63(54)83-72(76(60)68)73-36-12-11-17-57(73)53-15-3-7-20-62(53)82-72/h1-42H/q+4. The number of benzene rings is 11. The fourth-order valence-electron chi connectivity index (χ4n) is 13.1. The Hall–Kier alpha value is -8.39. The van der Waals surface area contributed by atoms with Crippen LogP contribution in [0.2, 0.25) is 0 Å². The molecular weight excluding hydrogens is 1130 g/mol. The van der Waals surface area contributed by atoms with E-state index in [4.69, 9.17) is 4.74 Å². The van der Waals surface area contributed by atoms with Crippen LogP contribution in [0.1, 0.15) is 0 Å². The first-order valence-electron chi connectivity index (χ1n) is 27.7. The van der Waals surface area contributed by atoms with Crippen LogP contribution in [0, 0.1) is 0 Å². The zero-order chi connectivity index (χ0) is 54.1. The van der Waals surface area contributed by atoms with Crippen LogP contribution in [0.5, 0.6) is 5.75 Å². The van der Waals surface area contributed by atoms with Crippen molar-refractivity contribution in [3.8, 4) is 82.1 Å². The number of thiazole rings is 3. The molecule has 0 saturated heterocycles. The molecule has 0 N–H and O–H groups in total. The molecule has 15 aromatic rings. The fourth-order valence-corrected chi connectivity index (χ4v) is 21.7. The van der Waals surface area contributed by atoms with Crippen LogP contribution < -0.4 is 23.0 Å². The second kappa shape index (κ2) is 17.6. The average Bonchev–Trinajstić information content (AvgIpc) is 1.95. The molecule has 2 spiro atoms. The lowest BCUT2D eigenvalue weighted by Crippen LogP contribution is -2.76. The predicted octanol–water partition coefficient (Wildman–Crippen LogP) is 18.4. The highest BCUT2D eigenvalue weighted by Gasteiger charge is 2.67. The molecule has 0 amide bonds. The lowest BCUT2D eigenvalue weighted by Gasteiger charge is -2.30. The molecule has 5 nitrogen and oxygen atoms in total. The molecule has 11 heteroatoms. The van der Waals surface area contributed by atoms with E-state index in [1.165, 1.54) is 127 Å². The van der Waals surface area contributed by atoms with E-state index in [2.05, 4.69) is 273 Å². The van der Waals surface area contributed by atoms with Crippen LogP contribution in [0.25, 0.3) is 129 Å². The summed E-state index contributed by atoms with van der Waals surface area (Å²) in [5.41, 5.74) is 16.7. The van der Waals surface area contributed by atoms with E-state index in [0.29, 0.717) is 0 Å². The average molecular weight is 1170 g/mol. The van der Waals surface area contributed by atoms with Crippen molar-refractivity contribution in [3.05, 3.63) is 255 Å². The molecule has 0 saturated carbocycles. The molecule has 4 aliphatic rings. The second-order valence-electron chi connectivity index (χ2n) is 21.6. The van der Waals surface area contributed by atoms with Crippen LogP contribution in [0.3, 0.4) is 0 Å². The Labute approximate surface area is 501 Å². The summed E-state index contributed by atoms with van der Waals surface area (Å²) >= 11 is 11.3. The third-order valence-electron chi connectivity index (χ3n) is 16.9. The van der Waals surface area contributed by atoms with Gasteiger partial charge >= 0.3 is 9.51 Å². The van der Waals surface area contributed by atoms with Gasteiger partial charge < -0.3 is 4.74 Å². The number of hydrogen-bond acceptors (Lipinski definition) is 7. The Balaban J connectivity index is 0.712. The lowest BCUT2D eigenvalue weighted by atomic mass is 9.97. The minimum absolute atomic E-state index is 0.496. The number of fused-ring (bicyclic) bond motifs is 24. The van der Waals surface area contributed by atoms with Crippen LogP contribution in [0.4, 0.5) is 0 Å². The van der Waals surface area contributed by atoms with Gasteiger partial charge in [-0.05, 0) is 152 Å². The van der Waals surface area contributed by atoms with Crippen LogP contribution in [0.15, 0.2) is 270 Å². The van der Waals surface area contributed by atoms with Crippen molar-refractivity contribution in [2.24, 2.45) is 0 Å². The van der Waals surface area contributed by atoms with Crippen LogP contribution >= 0.6 is 69.3 Å². The third-order valence-corrected chi connectivity index (χ3v) is 24.6. The maximum absolute atomic E-state index is 7.68. The molecule has 388 valence electrons. The van der Waals surface area contributed by atoms with Gasteiger partial charge in [0.15, 0.2) is 11.9 Å². The topological polar surface area (TPSA) is 24.7 Å². The Kier molecular flexibility index (Phi) is 9.98. The fraction of sp³-hybridized carbons (Fsp3) is 0.0278. The summed E-state index contributed by atoms with van der Waals surface area (Å²) < 4.78 is 21.0. The quantitative estimate of drug-likeness (QED) is 0.165. The largest absolute Gasteiger partial charge is 0.587 e. The highest BCUT2D eigenvalue weighted by atomic mass is 32.2. The number of thioether (sulfide) groups is 3. The number of pyridine rings is 1. The highest BCUT2D eigenvalue weighted by Crippen LogP contribution is 2.57. The Morgan fingerprint density at radius 1 is 0.313 bits per heavy atom. The number of ether oxygens (including phenoxy) is 1. The molecular formula is C72H42N4OS6+4. The summed E-state index contributed by atoms with van der Waals surface area (Å²) in [4.78, 5) is 3.77. The minimum Gasteiger partial charge on any atom is -0.368 e. The van der Waals surface area contributed by atoms with Gasteiger partial charge in [-0.2, -0.15) is 0 Å². The first kappa shape index (κ1) is 47.1. The molecule has 83 heavy (non-hydrogen) atoms. The number of aromatic nitrogens is 4. The maximum atomic E-state index is 7.68. The molecule has 8 heterocycles. The molecule has 0 fully saturated rings. The van der Waals surface area contributed by atoms with Crippen molar-refractivity contribution < 1.29 is 23.0 Å². The molecule has 0 radical (unpaired) electrons. The number of hydrogen-bond donors (Lipinski definition) is 0. The highest BCUT2D eigenvalue weighted by molar-refractivity contribution is 8.16. The number of para-hydroxylation sites is 2. The zero-order valence-electron chi connectivity index (χ0n) is 43.9. The zero-order valence-corrected chi connectivity index (χ0v) is 48.8. The Morgan fingerprint density at radius 3 is 1.55 bits per heavy atom. The van der Waals surface area contributed by atoms with E-state index in [1.807, 2.05) is 57.5 Å². The first-order chi connectivity index (χ1) is 41.0. The van der Waals surface area contributed by atoms with Gasteiger partial charge in [-0.25, -0.2) is 0 Å². The van der Waals surface area contributed by atoms with E-state index in [-0.39, 0.29) is 0 Å². The van der Waals surface area contributed by atoms with E-state index < -0.39 is 9.51 Å². The second-order valence-corrected chi connectivity index (χ2v) is 28.5. The summed E-state index contributed by atoms with van der Waals surface area (Å²) in [6.07, 6.45) is 2.27. The predicted molar refractivity (Wildman–Crippen MR) is 344 cm³/mol. The van der Waals surface area contributed by atoms with E-state index >= 15 is 0 Å². The summed E-state index contributed by atoms with van der Waals surface area (Å²) in [5, 5.41) is 7.53. The summed E-state index contributed by atoms with van der Waals surface area (Å²) in [6.45, 7) is 0. The van der Waals surface area contributed by atoms with E-state index in [0.717, 1.165) is 22.3 Å². The van der Waals surface area contributed by atoms with Gasteiger partial charge in [0.05, 0.1) is 28.5 Å². The molecule has 2 atom stereocenters. The van der Waals surface area contributed by atoms with Crippen molar-refractivity contribution in [1.82, 2.24) is 0 Å². The SMILES string of the molecule is c1ccc2c(c1)SC1(Sc3ccccc3-c3sc4cc(-c5ccc6ccc(-c7ccc8c(c7)-c7sc9ccccc9[n+]7C7(Oc9ccc(-c%10ccc%11ccccc%11c%10)cc9-c9sc%10ccccc%10[n+]97)S8)cc6c5)ccc4[n+]31)[n+]1ccccc1-2. The van der Waals surface area contributed by atoms with Crippen molar-refractivity contribution in [3.63, 3.8) is 0 Å². The number of nitrogens with zero attached hydrogens (tertiary/aromatic N) is 4. The smallest absolute Gasteiger partial charge is 0.368 e. The van der Waals surface area contributed by atoms with Gasteiger partial charge in [0.1, 0.15) is 19.7 Å². The number of rotatable bonds is 3. The molecule has 2 unspecified atom stereocenters. The summed E-state index contributed by atoms with van der Waals surface area (Å²) in [5.74, 6) is 0.875. The van der Waals surface area contributed by atoms with Gasteiger partial charge in [0.25, 0.3) is 15.0 Å². The van der Waals surface area contributed by atoms with Crippen molar-refractivity contribution in [2.45, 2.75) is 24.2 Å². The summed E-state index contributed by atoms with van der Waals surface area (Å²) in [7, 11) is 0. The van der Waals surface area contributed by atoms with Gasteiger partial charge in [0.2, 0.25) is 22.2 Å². The lowest BCUT2D eigenvalue weighted by molar-refractivity contribution is -0.968. The van der Waals surface area contributed by atoms with E-state index in [1.54, 1.807) is 11.8 Å². The van der Waals surface area contributed by atoms with Crippen molar-refractivity contribution >= 4 is 121 Å². The molecule has 4 aromatic heterocycles. The maximum Gasteiger partial charge on any atom is 0.587 e. The van der Waals surface area contributed by atoms with Crippen molar-refractivity contribution in [1.29, 1.82) is 0 Å². The first-order valence-corrected chi connectivity index (χ1v) is 32.6. The minimum atomic E-state index is -0.990. The Morgan fingerprint density at radius 2 is 0.807 bits per heavy atom. The monoisotopic (exact) mass is 1170 g/mol. The third kappa shape index (κ3) is 6.80. The van der Waals surface area contributed by atoms with Crippen molar-refractivity contribution in [2.75, 3.05) is 0 Å². The van der Waals surface area contributed by atoms with Crippen LogP contribution in [-0.2, 0) is 9.51 Å². The van der Waals surface area contributed by atoms with Gasteiger partial charge in [-0.1, -0.05) is 169 Å². The van der Waals surface area contributed by atoms with Gasteiger partial charge in [-0.3, -0.25) is 0 Å². The molecule has 0 bridgehead atoms. The Bertz CT molecular complexity index is 5350. The van der Waals surface area contributed by atoms with Crippen LogP contribution in [-0.4, -0.2) is 0 Å². The van der Waals surface area contributed by atoms with E-state index in [9.17, 15) is 0 Å². The van der Waals surface area contributed by atoms with Gasteiger partial charge in [0, 0.05) is 68.5 Å². The molecule has 4 aliphatic heterocycles. The van der Waals surface area contributed by atoms with Gasteiger partial charge in [-0.15, -0.1) is 4.57 Å².